The first-order chi connectivity index (χ1) is 8.00. The smallest absolute Gasteiger partial charge is 0.484 e. The van der Waals surface area contributed by atoms with Gasteiger partial charge in [0.2, 0.25) is 0 Å². The molecule has 1 aromatic rings. The van der Waals surface area contributed by atoms with Crippen molar-refractivity contribution in [2.24, 2.45) is 0 Å². The third-order valence-electron chi connectivity index (χ3n) is 2.59. The molecule has 1 aliphatic heterocycles. The maximum Gasteiger partial charge on any atom is 0.493 e. The fraction of sp³-hybridized carbons (Fsp3) is 0.364. The van der Waals surface area contributed by atoms with Crippen molar-refractivity contribution in [3.05, 3.63) is 22.2 Å². The van der Waals surface area contributed by atoms with Gasteiger partial charge < -0.3 is 14.4 Å². The number of hydrogen-bond donors (Lipinski definition) is 1. The highest BCUT2D eigenvalue weighted by atomic mass is 35.5. The SMILES string of the molecule is CC(=O)COc1c(C)cc2c(c1Cl)B(O)OC2. The van der Waals surface area contributed by atoms with Crippen LogP contribution < -0.4 is 10.2 Å². The summed E-state index contributed by atoms with van der Waals surface area (Å²) in [6.45, 7) is 3.58. The molecule has 0 spiro atoms. The lowest BCUT2D eigenvalue weighted by Crippen LogP contribution is -2.29. The molecule has 6 heteroatoms. The van der Waals surface area contributed by atoms with Crippen LogP contribution in [0.1, 0.15) is 18.1 Å². The molecule has 4 nitrogen and oxygen atoms in total. The molecule has 2 rings (SSSR count). The third-order valence-corrected chi connectivity index (χ3v) is 2.97. The van der Waals surface area contributed by atoms with Gasteiger partial charge in [0.15, 0.2) is 5.78 Å². The van der Waals surface area contributed by atoms with Crippen molar-refractivity contribution < 1.29 is 19.2 Å². The molecular formula is C11H12BClO4. The summed E-state index contributed by atoms with van der Waals surface area (Å²) in [5.41, 5.74) is 2.22. The molecule has 0 saturated carbocycles. The Morgan fingerprint density at radius 1 is 1.71 bits per heavy atom. The molecule has 0 bridgehead atoms. The Bertz CT molecular complexity index is 475. The summed E-state index contributed by atoms with van der Waals surface area (Å²) in [6, 6.07) is 1.85. The highest BCUT2D eigenvalue weighted by Crippen LogP contribution is 2.31. The minimum atomic E-state index is -1.02. The maximum atomic E-state index is 10.9. The Morgan fingerprint density at radius 2 is 2.41 bits per heavy atom. The van der Waals surface area contributed by atoms with E-state index in [0.717, 1.165) is 11.1 Å². The normalized spacial score (nSPS) is 13.8. The number of carbonyl (C=O) groups excluding carboxylic acids is 1. The van der Waals surface area contributed by atoms with Crippen LogP contribution in [0.25, 0.3) is 0 Å². The number of Topliss-reactive ketones (excluding diaryl/α,β-unsaturated/α-hetero) is 1. The van der Waals surface area contributed by atoms with Gasteiger partial charge in [0.1, 0.15) is 12.4 Å². The van der Waals surface area contributed by atoms with E-state index in [9.17, 15) is 9.82 Å². The molecule has 90 valence electrons. The summed E-state index contributed by atoms with van der Waals surface area (Å²) in [4.78, 5) is 10.9. The van der Waals surface area contributed by atoms with Gasteiger partial charge in [-0.1, -0.05) is 17.7 Å². The fourth-order valence-electron chi connectivity index (χ4n) is 1.83. The average Bonchev–Trinajstić information content (AvgIpc) is 2.59. The molecule has 0 aromatic heterocycles. The van der Waals surface area contributed by atoms with Gasteiger partial charge in [-0.25, -0.2) is 0 Å². The lowest BCUT2D eigenvalue weighted by molar-refractivity contribution is -0.118. The summed E-state index contributed by atoms with van der Waals surface area (Å²) in [7, 11) is -1.02. The van der Waals surface area contributed by atoms with E-state index in [4.69, 9.17) is 21.0 Å². The molecule has 0 fully saturated rings. The largest absolute Gasteiger partial charge is 0.493 e. The van der Waals surface area contributed by atoms with Crippen LogP contribution in [0.15, 0.2) is 6.07 Å². The number of ketones is 1. The highest BCUT2D eigenvalue weighted by molar-refractivity contribution is 6.65. The zero-order chi connectivity index (χ0) is 12.6. The topological polar surface area (TPSA) is 55.8 Å². The molecule has 0 aliphatic carbocycles. The van der Waals surface area contributed by atoms with Crippen LogP contribution in [0.5, 0.6) is 5.75 Å². The summed E-state index contributed by atoms with van der Waals surface area (Å²) < 4.78 is 10.4. The Labute approximate surface area is 105 Å². The first kappa shape index (κ1) is 12.4. The highest BCUT2D eigenvalue weighted by Gasteiger charge is 2.32. The molecule has 1 N–H and O–H groups in total. The van der Waals surface area contributed by atoms with Gasteiger partial charge in [-0.15, -0.1) is 0 Å². The van der Waals surface area contributed by atoms with Crippen molar-refractivity contribution in [2.75, 3.05) is 6.61 Å². The predicted molar refractivity (Wildman–Crippen MR) is 64.8 cm³/mol. The molecule has 0 radical (unpaired) electrons. The molecule has 1 aromatic carbocycles. The monoisotopic (exact) mass is 254 g/mol. The van der Waals surface area contributed by atoms with Gasteiger partial charge in [-0.05, 0) is 25.0 Å². The van der Waals surface area contributed by atoms with E-state index in [-0.39, 0.29) is 12.4 Å². The van der Waals surface area contributed by atoms with Crippen LogP contribution in [-0.4, -0.2) is 24.5 Å². The van der Waals surface area contributed by atoms with Gasteiger partial charge in [0.25, 0.3) is 0 Å². The van der Waals surface area contributed by atoms with Gasteiger partial charge in [0.05, 0.1) is 11.6 Å². The van der Waals surface area contributed by atoms with Crippen LogP contribution in [0.4, 0.5) is 0 Å². The van der Waals surface area contributed by atoms with Crippen LogP contribution in [0.2, 0.25) is 5.02 Å². The van der Waals surface area contributed by atoms with Crippen molar-refractivity contribution in [3.63, 3.8) is 0 Å². The lowest BCUT2D eigenvalue weighted by atomic mass is 9.79. The van der Waals surface area contributed by atoms with Crippen molar-refractivity contribution in [2.45, 2.75) is 20.5 Å². The van der Waals surface area contributed by atoms with Gasteiger partial charge in [0, 0.05) is 5.46 Å². The number of rotatable bonds is 3. The second-order valence-corrected chi connectivity index (χ2v) is 4.44. The van der Waals surface area contributed by atoms with E-state index < -0.39 is 7.12 Å². The van der Waals surface area contributed by atoms with E-state index in [2.05, 4.69) is 0 Å². The lowest BCUT2D eigenvalue weighted by Gasteiger charge is -2.13. The number of fused-ring (bicyclic) bond motifs is 1. The predicted octanol–water partition coefficient (Wildman–Crippen LogP) is 0.834. The minimum absolute atomic E-state index is 0.0314. The van der Waals surface area contributed by atoms with Crippen molar-refractivity contribution in [1.29, 1.82) is 0 Å². The van der Waals surface area contributed by atoms with E-state index in [1.54, 1.807) is 0 Å². The van der Waals surface area contributed by atoms with Gasteiger partial charge in [-0.3, -0.25) is 4.79 Å². The van der Waals surface area contributed by atoms with Crippen molar-refractivity contribution in [1.82, 2.24) is 0 Å². The number of halogens is 1. The second kappa shape index (κ2) is 4.68. The number of benzene rings is 1. The molecule has 1 aliphatic rings. The summed E-state index contributed by atoms with van der Waals surface area (Å²) in [6.07, 6.45) is 0. The standard InChI is InChI=1S/C11H12BClO4/c1-6-3-8-5-17-12(15)9(8)10(13)11(6)16-4-7(2)14/h3,15H,4-5H2,1-2H3. The molecule has 0 amide bonds. The van der Waals surface area contributed by atoms with E-state index in [1.165, 1.54) is 6.92 Å². The molecule has 0 saturated heterocycles. The van der Waals surface area contributed by atoms with E-state index >= 15 is 0 Å². The van der Waals surface area contributed by atoms with Crippen LogP contribution >= 0.6 is 11.6 Å². The van der Waals surface area contributed by atoms with Gasteiger partial charge >= 0.3 is 7.12 Å². The maximum absolute atomic E-state index is 10.9. The van der Waals surface area contributed by atoms with Crippen LogP contribution in [0.3, 0.4) is 0 Å². The second-order valence-electron chi connectivity index (χ2n) is 4.06. The molecule has 1 heterocycles. The van der Waals surface area contributed by atoms with Gasteiger partial charge in [-0.2, -0.15) is 0 Å². The van der Waals surface area contributed by atoms with Crippen LogP contribution in [-0.2, 0) is 16.1 Å². The number of hydrogen-bond acceptors (Lipinski definition) is 4. The zero-order valence-corrected chi connectivity index (χ0v) is 10.4. The quantitative estimate of drug-likeness (QED) is 0.812. The molecule has 17 heavy (non-hydrogen) atoms. The molecule has 0 unspecified atom stereocenters. The average molecular weight is 254 g/mol. The van der Waals surface area contributed by atoms with E-state index in [0.29, 0.717) is 22.8 Å². The zero-order valence-electron chi connectivity index (χ0n) is 9.62. The van der Waals surface area contributed by atoms with Crippen LogP contribution in [0, 0.1) is 6.92 Å². The Morgan fingerprint density at radius 3 is 3.06 bits per heavy atom. The Hall–Kier alpha value is -1.04. The Kier molecular flexibility index (Phi) is 3.42. The molecular weight excluding hydrogens is 242 g/mol. The molecule has 0 atom stereocenters. The summed E-state index contributed by atoms with van der Waals surface area (Å²) >= 11 is 6.16. The first-order valence-corrected chi connectivity index (χ1v) is 5.62. The third kappa shape index (κ3) is 2.31. The number of ether oxygens (including phenoxy) is 1. The van der Waals surface area contributed by atoms with Crippen molar-refractivity contribution >= 4 is 30.0 Å². The minimum Gasteiger partial charge on any atom is -0.484 e. The van der Waals surface area contributed by atoms with Crippen molar-refractivity contribution in [3.8, 4) is 5.75 Å². The summed E-state index contributed by atoms with van der Waals surface area (Å²) in [5.74, 6) is 0.350. The first-order valence-electron chi connectivity index (χ1n) is 5.24. The Balaban J connectivity index is 2.39. The summed E-state index contributed by atoms with van der Waals surface area (Å²) in [5, 5.41) is 9.95. The number of aryl methyl sites for hydroxylation is 1. The number of carbonyl (C=O) groups is 1. The van der Waals surface area contributed by atoms with E-state index in [1.807, 2.05) is 13.0 Å². The fourth-order valence-corrected chi connectivity index (χ4v) is 2.25.